The molecule has 0 spiro atoms. The van der Waals surface area contributed by atoms with E-state index in [1.165, 1.54) is 0 Å². The fourth-order valence-corrected chi connectivity index (χ4v) is 2.29. The molecule has 19 heavy (non-hydrogen) atoms. The van der Waals surface area contributed by atoms with Crippen LogP contribution in [0, 0.1) is 0 Å². The Hall–Kier alpha value is -2.44. The molecule has 1 aromatic heterocycles. The molecule has 7 nitrogen and oxygen atoms in total. The van der Waals surface area contributed by atoms with E-state index >= 15 is 0 Å². The van der Waals surface area contributed by atoms with Crippen molar-refractivity contribution in [3.05, 3.63) is 22.7 Å². The number of amides is 1. The predicted octanol–water partition coefficient (Wildman–Crippen LogP) is 0.0296. The average Bonchev–Trinajstić information content (AvgIpc) is 2.56. The van der Waals surface area contributed by atoms with Crippen molar-refractivity contribution in [2.75, 3.05) is 30.3 Å². The number of carbonyl (C=O) groups is 1. The molecular weight excluding hydrogens is 248 g/mol. The predicted molar refractivity (Wildman–Crippen MR) is 71.1 cm³/mol. The molecule has 0 saturated carbocycles. The van der Waals surface area contributed by atoms with E-state index in [2.05, 4.69) is 10.3 Å². The highest BCUT2D eigenvalue weighted by molar-refractivity contribution is 5.88. The van der Waals surface area contributed by atoms with Gasteiger partial charge in [-0.1, -0.05) is 0 Å². The van der Waals surface area contributed by atoms with Gasteiger partial charge < -0.3 is 20.4 Å². The van der Waals surface area contributed by atoms with Gasteiger partial charge in [-0.15, -0.1) is 0 Å². The van der Waals surface area contributed by atoms with Gasteiger partial charge in [0.25, 0.3) is 0 Å². The molecule has 0 atom stereocenters. The van der Waals surface area contributed by atoms with Crippen molar-refractivity contribution in [1.29, 1.82) is 0 Å². The topological polar surface area (TPSA) is 104 Å². The van der Waals surface area contributed by atoms with Crippen LogP contribution >= 0.6 is 0 Å². The minimum Gasteiger partial charge on any atom is -0.408 e. The Morgan fingerprint density at radius 2 is 2.16 bits per heavy atom. The summed E-state index contributed by atoms with van der Waals surface area (Å²) in [5.74, 6) is -0.544. The van der Waals surface area contributed by atoms with Gasteiger partial charge in [0, 0.05) is 19.2 Å². The minimum absolute atomic E-state index is 0.0299. The van der Waals surface area contributed by atoms with Crippen LogP contribution in [-0.2, 0) is 4.79 Å². The number of rotatable bonds is 1. The van der Waals surface area contributed by atoms with Crippen molar-refractivity contribution in [3.63, 3.8) is 0 Å². The first-order valence-electron chi connectivity index (χ1n) is 6.07. The number of nitrogens with one attached hydrogen (secondary N) is 2. The van der Waals surface area contributed by atoms with Gasteiger partial charge in [0.05, 0.1) is 23.4 Å². The number of H-pyrrole nitrogens is 1. The maximum absolute atomic E-state index is 11.6. The Morgan fingerprint density at radius 3 is 3.00 bits per heavy atom. The van der Waals surface area contributed by atoms with Crippen LogP contribution in [0.5, 0.6) is 0 Å². The zero-order valence-corrected chi connectivity index (χ0v) is 10.2. The molecule has 100 valence electrons. The molecule has 2 aromatic rings. The molecule has 0 aliphatic carbocycles. The summed E-state index contributed by atoms with van der Waals surface area (Å²) in [6.07, 6.45) is 0.852. The monoisotopic (exact) mass is 262 g/mol. The molecule has 4 N–H and O–H groups in total. The SMILES string of the molecule is Nc1cc2oc(=O)[nH]c2cc1N1CCCNC(=O)C1. The Balaban J connectivity index is 2.05. The first-order chi connectivity index (χ1) is 9.13. The summed E-state index contributed by atoms with van der Waals surface area (Å²) >= 11 is 0. The number of oxazole rings is 1. The molecule has 1 aliphatic rings. The molecule has 7 heteroatoms. The van der Waals surface area contributed by atoms with E-state index in [0.717, 1.165) is 18.7 Å². The summed E-state index contributed by atoms with van der Waals surface area (Å²) < 4.78 is 4.95. The molecule has 0 radical (unpaired) electrons. The highest BCUT2D eigenvalue weighted by atomic mass is 16.4. The molecule has 2 heterocycles. The highest BCUT2D eigenvalue weighted by Crippen LogP contribution is 2.28. The largest absolute Gasteiger partial charge is 0.417 e. The number of hydrogen-bond donors (Lipinski definition) is 3. The van der Waals surface area contributed by atoms with E-state index in [9.17, 15) is 9.59 Å². The van der Waals surface area contributed by atoms with Crippen LogP contribution in [0.3, 0.4) is 0 Å². The lowest BCUT2D eigenvalue weighted by molar-refractivity contribution is -0.119. The number of hydrogen-bond acceptors (Lipinski definition) is 5. The number of nitrogens with zero attached hydrogens (tertiary/aromatic N) is 1. The Labute approximate surface area is 108 Å². The van der Waals surface area contributed by atoms with Gasteiger partial charge in [0.15, 0.2) is 5.58 Å². The molecule has 1 aromatic carbocycles. The normalized spacial score (nSPS) is 16.4. The van der Waals surface area contributed by atoms with E-state index in [0.29, 0.717) is 23.3 Å². The Morgan fingerprint density at radius 1 is 1.32 bits per heavy atom. The minimum atomic E-state index is -0.514. The maximum Gasteiger partial charge on any atom is 0.417 e. The van der Waals surface area contributed by atoms with Crippen LogP contribution in [0.1, 0.15) is 6.42 Å². The number of anilines is 2. The van der Waals surface area contributed by atoms with Crippen molar-refractivity contribution >= 4 is 28.4 Å². The summed E-state index contributed by atoms with van der Waals surface area (Å²) in [7, 11) is 0. The van der Waals surface area contributed by atoms with Crippen molar-refractivity contribution in [3.8, 4) is 0 Å². The Bertz CT molecular complexity index is 688. The van der Waals surface area contributed by atoms with Crippen molar-refractivity contribution in [2.45, 2.75) is 6.42 Å². The quantitative estimate of drug-likeness (QED) is 0.629. The van der Waals surface area contributed by atoms with E-state index in [1.54, 1.807) is 12.1 Å². The highest BCUT2D eigenvalue weighted by Gasteiger charge is 2.18. The summed E-state index contributed by atoms with van der Waals surface area (Å²) in [5, 5.41) is 2.81. The third kappa shape index (κ3) is 2.14. The van der Waals surface area contributed by atoms with E-state index < -0.39 is 5.76 Å². The zero-order chi connectivity index (χ0) is 13.4. The van der Waals surface area contributed by atoms with Crippen LogP contribution in [0.15, 0.2) is 21.3 Å². The number of nitrogen functional groups attached to an aromatic ring is 1. The number of nitrogens with two attached hydrogens (primary N) is 1. The second-order valence-corrected chi connectivity index (χ2v) is 4.55. The lowest BCUT2D eigenvalue weighted by Gasteiger charge is -2.22. The summed E-state index contributed by atoms with van der Waals surface area (Å²) in [4.78, 5) is 27.2. The lowest BCUT2D eigenvalue weighted by Crippen LogP contribution is -2.33. The third-order valence-electron chi connectivity index (χ3n) is 3.17. The summed E-state index contributed by atoms with van der Waals surface area (Å²) in [6.45, 7) is 1.66. The van der Waals surface area contributed by atoms with E-state index in [-0.39, 0.29) is 12.5 Å². The van der Waals surface area contributed by atoms with Crippen molar-refractivity contribution in [2.24, 2.45) is 0 Å². The van der Waals surface area contributed by atoms with Gasteiger partial charge in [0.1, 0.15) is 0 Å². The van der Waals surface area contributed by atoms with Crippen molar-refractivity contribution < 1.29 is 9.21 Å². The van der Waals surface area contributed by atoms with Crippen LogP contribution < -0.4 is 21.7 Å². The molecule has 1 aliphatic heterocycles. The summed E-state index contributed by atoms with van der Waals surface area (Å²) in [5.41, 5.74) is 8.21. The molecule has 1 saturated heterocycles. The van der Waals surface area contributed by atoms with Crippen molar-refractivity contribution in [1.82, 2.24) is 10.3 Å². The maximum atomic E-state index is 11.6. The lowest BCUT2D eigenvalue weighted by atomic mass is 10.2. The first-order valence-corrected chi connectivity index (χ1v) is 6.07. The second-order valence-electron chi connectivity index (χ2n) is 4.55. The van der Waals surface area contributed by atoms with Crippen LogP contribution in [0.25, 0.3) is 11.1 Å². The fraction of sp³-hybridized carbons (Fsp3) is 0.333. The van der Waals surface area contributed by atoms with Crippen LogP contribution in [0.4, 0.5) is 11.4 Å². The summed E-state index contributed by atoms with van der Waals surface area (Å²) in [6, 6.07) is 3.35. The van der Waals surface area contributed by atoms with Gasteiger partial charge in [0.2, 0.25) is 5.91 Å². The van der Waals surface area contributed by atoms with Gasteiger partial charge in [-0.3, -0.25) is 9.78 Å². The number of carbonyl (C=O) groups excluding carboxylic acids is 1. The third-order valence-corrected chi connectivity index (χ3v) is 3.17. The smallest absolute Gasteiger partial charge is 0.408 e. The average molecular weight is 262 g/mol. The number of aromatic amines is 1. The van der Waals surface area contributed by atoms with Crippen LogP contribution in [-0.4, -0.2) is 30.5 Å². The molecule has 0 bridgehead atoms. The molecule has 3 rings (SSSR count). The molecular formula is C12H14N4O3. The van der Waals surface area contributed by atoms with Gasteiger partial charge in [-0.05, 0) is 12.5 Å². The van der Waals surface area contributed by atoms with Crippen LogP contribution in [0.2, 0.25) is 0 Å². The molecule has 1 amide bonds. The molecule has 1 fully saturated rings. The number of fused-ring (bicyclic) bond motifs is 1. The number of aromatic nitrogens is 1. The van der Waals surface area contributed by atoms with Gasteiger partial charge >= 0.3 is 5.76 Å². The fourth-order valence-electron chi connectivity index (χ4n) is 2.29. The zero-order valence-electron chi connectivity index (χ0n) is 10.2. The Kier molecular flexibility index (Phi) is 2.66. The molecule has 0 unspecified atom stereocenters. The first kappa shape index (κ1) is 11.6. The second kappa shape index (κ2) is 4.34. The van der Waals surface area contributed by atoms with E-state index in [1.807, 2.05) is 4.90 Å². The standard InChI is InChI=1S/C12H14N4O3/c13-7-4-10-8(15-12(18)19-10)5-9(7)16-3-1-2-14-11(17)6-16/h4-5H,1-3,6,13H2,(H,14,17)(H,15,18). The van der Waals surface area contributed by atoms with Gasteiger partial charge in [-0.25, -0.2) is 4.79 Å². The van der Waals surface area contributed by atoms with E-state index in [4.69, 9.17) is 10.2 Å². The number of benzene rings is 1. The van der Waals surface area contributed by atoms with Gasteiger partial charge in [-0.2, -0.15) is 0 Å².